The zero-order chi connectivity index (χ0) is 19.3. The molecule has 7 nitrogen and oxygen atoms in total. The lowest BCUT2D eigenvalue weighted by atomic mass is 10.1. The summed E-state index contributed by atoms with van der Waals surface area (Å²) in [6, 6.07) is 3.57. The van der Waals surface area contributed by atoms with Crippen LogP contribution >= 0.6 is 0 Å². The van der Waals surface area contributed by atoms with Gasteiger partial charge >= 0.3 is 0 Å². The monoisotopic (exact) mass is 383 g/mol. The number of hydrogen-bond donors (Lipinski definition) is 2. The van der Waals surface area contributed by atoms with Gasteiger partial charge in [-0.15, -0.1) is 0 Å². The second-order valence-corrected chi connectivity index (χ2v) is 8.52. The first kappa shape index (κ1) is 20.5. The quantitative estimate of drug-likeness (QED) is 0.717. The summed E-state index contributed by atoms with van der Waals surface area (Å²) in [5.41, 5.74) is 1.42. The Morgan fingerprint density at radius 3 is 2.69 bits per heavy atom. The van der Waals surface area contributed by atoms with E-state index in [0.717, 1.165) is 25.9 Å². The molecule has 1 amide bonds. The third-order valence-corrected chi connectivity index (χ3v) is 6.13. The summed E-state index contributed by atoms with van der Waals surface area (Å²) in [7, 11) is -1.93. The maximum atomic E-state index is 12.7. The number of nitrogens with zero attached hydrogens (tertiary/aromatic N) is 1. The van der Waals surface area contributed by atoms with E-state index in [1.54, 1.807) is 26.0 Å². The largest absolute Gasteiger partial charge is 0.496 e. The summed E-state index contributed by atoms with van der Waals surface area (Å²) in [5.74, 6) is 0.133. The fourth-order valence-corrected chi connectivity index (χ4v) is 3.93. The molecule has 1 aliphatic heterocycles. The number of amides is 1. The van der Waals surface area contributed by atoms with Crippen molar-refractivity contribution >= 4 is 21.6 Å². The summed E-state index contributed by atoms with van der Waals surface area (Å²) in [4.78, 5) is 15.0. The van der Waals surface area contributed by atoms with Gasteiger partial charge in [0.15, 0.2) is 0 Å². The van der Waals surface area contributed by atoms with Crippen molar-refractivity contribution in [2.45, 2.75) is 39.7 Å². The van der Waals surface area contributed by atoms with Crippen molar-refractivity contribution in [3.8, 4) is 5.75 Å². The minimum absolute atomic E-state index is 0.0332. The van der Waals surface area contributed by atoms with E-state index in [2.05, 4.69) is 21.9 Å². The third-order valence-electron chi connectivity index (χ3n) is 4.84. The number of likely N-dealkylation sites (N-methyl/N-ethyl adjacent to an activating group) is 1. The van der Waals surface area contributed by atoms with Crippen LogP contribution in [0.3, 0.4) is 0 Å². The van der Waals surface area contributed by atoms with Gasteiger partial charge in [0.05, 0.1) is 24.1 Å². The van der Waals surface area contributed by atoms with Crippen molar-refractivity contribution in [3.63, 3.8) is 0 Å². The number of methoxy groups -OCH3 is 1. The Balaban J connectivity index is 2.19. The van der Waals surface area contributed by atoms with Gasteiger partial charge in [-0.25, -0.2) is 8.42 Å². The van der Waals surface area contributed by atoms with Gasteiger partial charge in [0, 0.05) is 12.6 Å². The standard InChI is InChI=1S/C18H29N3O4S/c1-5-21-9-7-8-14(21)12-19-18(22)15-11-16(20-26(23,24)6-2)13(3)10-17(15)25-4/h10-11,14,20H,5-9,12H2,1-4H3,(H,19,22). The van der Waals surface area contributed by atoms with Crippen LogP contribution < -0.4 is 14.8 Å². The molecule has 2 N–H and O–H groups in total. The minimum Gasteiger partial charge on any atom is -0.496 e. The van der Waals surface area contributed by atoms with Gasteiger partial charge in [0.25, 0.3) is 5.91 Å². The van der Waals surface area contributed by atoms with Crippen molar-refractivity contribution in [2.24, 2.45) is 0 Å². The number of carbonyl (C=O) groups excluding carboxylic acids is 1. The van der Waals surface area contributed by atoms with E-state index >= 15 is 0 Å². The third kappa shape index (κ3) is 4.88. The van der Waals surface area contributed by atoms with Crippen molar-refractivity contribution in [3.05, 3.63) is 23.3 Å². The number of hydrogen-bond acceptors (Lipinski definition) is 5. The smallest absolute Gasteiger partial charge is 0.255 e. The summed E-state index contributed by atoms with van der Waals surface area (Å²) < 4.78 is 31.6. The molecular weight excluding hydrogens is 354 g/mol. The van der Waals surface area contributed by atoms with Crippen LogP contribution in [0.2, 0.25) is 0 Å². The summed E-state index contributed by atoms with van der Waals surface area (Å²) in [6.07, 6.45) is 2.21. The second-order valence-electron chi connectivity index (χ2n) is 6.51. The van der Waals surface area contributed by atoms with Gasteiger partial charge in [-0.3, -0.25) is 14.4 Å². The van der Waals surface area contributed by atoms with Crippen LogP contribution in [0.15, 0.2) is 12.1 Å². The molecule has 2 rings (SSSR count). The van der Waals surface area contributed by atoms with E-state index in [1.807, 2.05) is 0 Å². The van der Waals surface area contributed by atoms with E-state index in [9.17, 15) is 13.2 Å². The maximum Gasteiger partial charge on any atom is 0.255 e. The zero-order valence-corrected chi connectivity index (χ0v) is 16.8. The number of sulfonamides is 1. The fourth-order valence-electron chi connectivity index (χ4n) is 3.23. The van der Waals surface area contributed by atoms with Crippen LogP contribution in [0.5, 0.6) is 5.75 Å². The number of rotatable bonds is 8. The molecule has 1 fully saturated rings. The zero-order valence-electron chi connectivity index (χ0n) is 16.0. The topological polar surface area (TPSA) is 87.7 Å². The molecule has 8 heteroatoms. The number of ether oxygens (including phenoxy) is 1. The van der Waals surface area contributed by atoms with E-state index < -0.39 is 10.0 Å². The molecule has 0 aromatic heterocycles. The van der Waals surface area contributed by atoms with Crippen molar-refractivity contribution in [1.82, 2.24) is 10.2 Å². The van der Waals surface area contributed by atoms with E-state index in [1.165, 1.54) is 7.11 Å². The number of nitrogens with one attached hydrogen (secondary N) is 2. The molecule has 1 aromatic carbocycles. The Labute approximate surface area is 156 Å². The highest BCUT2D eigenvalue weighted by atomic mass is 32.2. The van der Waals surface area contributed by atoms with Gasteiger partial charge in [0.2, 0.25) is 10.0 Å². The van der Waals surface area contributed by atoms with Crippen LogP contribution in [0.4, 0.5) is 5.69 Å². The average molecular weight is 384 g/mol. The van der Waals surface area contributed by atoms with Crippen LogP contribution in [0, 0.1) is 6.92 Å². The van der Waals surface area contributed by atoms with Crippen molar-refractivity contribution < 1.29 is 17.9 Å². The predicted octanol–water partition coefficient (Wildman–Crippen LogP) is 1.98. The first-order chi connectivity index (χ1) is 12.3. The molecule has 1 aromatic rings. The molecule has 1 aliphatic rings. The van der Waals surface area contributed by atoms with Crippen LogP contribution in [0.1, 0.15) is 42.6 Å². The predicted molar refractivity (Wildman–Crippen MR) is 103 cm³/mol. The lowest BCUT2D eigenvalue weighted by Gasteiger charge is -2.23. The van der Waals surface area contributed by atoms with E-state index in [4.69, 9.17) is 4.74 Å². The Kier molecular flexibility index (Phi) is 6.88. The van der Waals surface area contributed by atoms with Crippen LogP contribution in [0.25, 0.3) is 0 Å². The Hall–Kier alpha value is -1.80. The normalized spacial score (nSPS) is 17.9. The number of benzene rings is 1. The lowest BCUT2D eigenvalue weighted by Crippen LogP contribution is -2.40. The number of anilines is 1. The molecular formula is C18H29N3O4S. The average Bonchev–Trinajstić information content (AvgIpc) is 3.08. The molecule has 0 spiro atoms. The minimum atomic E-state index is -3.42. The number of carbonyl (C=O) groups is 1. The van der Waals surface area contributed by atoms with Gasteiger partial charge in [0.1, 0.15) is 5.75 Å². The molecule has 0 aliphatic carbocycles. The summed E-state index contributed by atoms with van der Waals surface area (Å²) >= 11 is 0. The maximum absolute atomic E-state index is 12.7. The molecule has 146 valence electrons. The summed E-state index contributed by atoms with van der Waals surface area (Å²) in [5, 5.41) is 2.97. The van der Waals surface area contributed by atoms with Crippen molar-refractivity contribution in [1.29, 1.82) is 0 Å². The van der Waals surface area contributed by atoms with E-state index in [0.29, 0.717) is 35.2 Å². The molecule has 26 heavy (non-hydrogen) atoms. The Morgan fingerprint density at radius 1 is 1.35 bits per heavy atom. The van der Waals surface area contributed by atoms with Gasteiger partial charge in [-0.1, -0.05) is 6.92 Å². The molecule has 0 bridgehead atoms. The number of aryl methyl sites for hydroxylation is 1. The molecule has 1 saturated heterocycles. The van der Waals surface area contributed by atoms with E-state index in [-0.39, 0.29) is 11.7 Å². The summed E-state index contributed by atoms with van der Waals surface area (Å²) in [6.45, 7) is 8.06. The van der Waals surface area contributed by atoms with Gasteiger partial charge in [-0.2, -0.15) is 0 Å². The fraction of sp³-hybridized carbons (Fsp3) is 0.611. The molecule has 1 atom stereocenters. The number of likely N-dealkylation sites (tertiary alicyclic amines) is 1. The Bertz CT molecular complexity index is 749. The van der Waals surface area contributed by atoms with Crippen LogP contribution in [-0.4, -0.2) is 57.8 Å². The molecule has 1 unspecified atom stereocenters. The molecule has 1 heterocycles. The van der Waals surface area contributed by atoms with Crippen LogP contribution in [-0.2, 0) is 10.0 Å². The SMILES string of the molecule is CCN1CCCC1CNC(=O)c1cc(NS(=O)(=O)CC)c(C)cc1OC. The molecule has 0 saturated carbocycles. The van der Waals surface area contributed by atoms with Gasteiger partial charge < -0.3 is 10.1 Å². The van der Waals surface area contributed by atoms with Gasteiger partial charge in [-0.05, 0) is 57.5 Å². The highest BCUT2D eigenvalue weighted by Crippen LogP contribution is 2.27. The highest BCUT2D eigenvalue weighted by Gasteiger charge is 2.24. The lowest BCUT2D eigenvalue weighted by molar-refractivity contribution is 0.0938. The first-order valence-electron chi connectivity index (χ1n) is 9.02. The van der Waals surface area contributed by atoms with Crippen molar-refractivity contribution in [2.75, 3.05) is 37.2 Å². The highest BCUT2D eigenvalue weighted by molar-refractivity contribution is 7.92. The molecule has 0 radical (unpaired) electrons. The first-order valence-corrected chi connectivity index (χ1v) is 10.7. The second kappa shape index (κ2) is 8.73. The Morgan fingerprint density at radius 2 is 2.08 bits per heavy atom.